The summed E-state index contributed by atoms with van der Waals surface area (Å²) in [4.78, 5) is 4.83. The van der Waals surface area contributed by atoms with Gasteiger partial charge >= 0.3 is 0 Å². The lowest BCUT2D eigenvalue weighted by Gasteiger charge is -2.07. The standard InChI is InChI=1S/C10H8ClNOS/c11-9-4-3-7(6-12-9)10(13)8-2-1-5-14-8/h1-6,10,13H. The molecular formula is C10H8ClNOS. The van der Waals surface area contributed by atoms with Crippen LogP contribution in [0.4, 0.5) is 0 Å². The predicted octanol–water partition coefficient (Wildman–Crippen LogP) is 2.88. The fourth-order valence-electron chi connectivity index (χ4n) is 1.16. The smallest absolute Gasteiger partial charge is 0.129 e. The van der Waals surface area contributed by atoms with Gasteiger partial charge in [0, 0.05) is 16.6 Å². The minimum Gasteiger partial charge on any atom is -0.383 e. The van der Waals surface area contributed by atoms with Gasteiger partial charge in [0.25, 0.3) is 0 Å². The van der Waals surface area contributed by atoms with Gasteiger partial charge in [-0.2, -0.15) is 0 Å². The van der Waals surface area contributed by atoms with E-state index in [9.17, 15) is 5.11 Å². The van der Waals surface area contributed by atoms with E-state index in [1.54, 1.807) is 18.3 Å². The normalized spacial score (nSPS) is 12.7. The van der Waals surface area contributed by atoms with Crippen LogP contribution in [0.1, 0.15) is 16.5 Å². The lowest BCUT2D eigenvalue weighted by molar-refractivity contribution is 0.224. The Morgan fingerprint density at radius 1 is 1.36 bits per heavy atom. The second-order valence-electron chi connectivity index (χ2n) is 2.83. The van der Waals surface area contributed by atoms with Gasteiger partial charge in [-0.1, -0.05) is 23.7 Å². The van der Waals surface area contributed by atoms with Crippen LogP contribution in [0.5, 0.6) is 0 Å². The van der Waals surface area contributed by atoms with E-state index < -0.39 is 6.10 Å². The summed E-state index contributed by atoms with van der Waals surface area (Å²) in [6.07, 6.45) is 0.993. The number of aliphatic hydroxyl groups excluding tert-OH is 1. The summed E-state index contributed by atoms with van der Waals surface area (Å²) in [6.45, 7) is 0. The van der Waals surface area contributed by atoms with Crippen LogP contribution < -0.4 is 0 Å². The third-order valence-corrected chi connectivity index (χ3v) is 3.03. The summed E-state index contributed by atoms with van der Waals surface area (Å²) in [6, 6.07) is 7.25. The molecule has 0 aliphatic carbocycles. The average Bonchev–Trinajstić information content (AvgIpc) is 2.71. The molecule has 0 bridgehead atoms. The van der Waals surface area contributed by atoms with Crippen molar-refractivity contribution in [2.45, 2.75) is 6.10 Å². The molecule has 1 atom stereocenters. The van der Waals surface area contributed by atoms with Gasteiger partial charge in [0.1, 0.15) is 11.3 Å². The van der Waals surface area contributed by atoms with Crippen molar-refractivity contribution >= 4 is 22.9 Å². The van der Waals surface area contributed by atoms with Crippen LogP contribution in [-0.4, -0.2) is 10.1 Å². The van der Waals surface area contributed by atoms with Crippen molar-refractivity contribution in [3.63, 3.8) is 0 Å². The Hall–Kier alpha value is -0.900. The molecule has 14 heavy (non-hydrogen) atoms. The van der Waals surface area contributed by atoms with E-state index in [1.165, 1.54) is 11.3 Å². The molecule has 0 radical (unpaired) electrons. The summed E-state index contributed by atoms with van der Waals surface area (Å²) >= 11 is 7.17. The van der Waals surface area contributed by atoms with E-state index in [4.69, 9.17) is 11.6 Å². The molecule has 72 valence electrons. The summed E-state index contributed by atoms with van der Waals surface area (Å²) < 4.78 is 0. The van der Waals surface area contributed by atoms with Crippen LogP contribution in [0.3, 0.4) is 0 Å². The molecule has 0 spiro atoms. The molecule has 0 aliphatic heterocycles. The minimum absolute atomic E-state index is 0.437. The molecular weight excluding hydrogens is 218 g/mol. The summed E-state index contributed by atoms with van der Waals surface area (Å²) in [5, 5.41) is 12.3. The van der Waals surface area contributed by atoms with Gasteiger partial charge in [-0.05, 0) is 17.5 Å². The lowest BCUT2D eigenvalue weighted by atomic mass is 10.1. The highest BCUT2D eigenvalue weighted by Crippen LogP contribution is 2.25. The van der Waals surface area contributed by atoms with Gasteiger partial charge in [0.2, 0.25) is 0 Å². The topological polar surface area (TPSA) is 33.1 Å². The van der Waals surface area contributed by atoms with E-state index in [1.807, 2.05) is 17.5 Å². The van der Waals surface area contributed by atoms with Crippen molar-refractivity contribution in [3.8, 4) is 0 Å². The molecule has 0 saturated carbocycles. The maximum Gasteiger partial charge on any atom is 0.129 e. The number of aromatic nitrogens is 1. The van der Waals surface area contributed by atoms with Crippen LogP contribution in [0.2, 0.25) is 5.15 Å². The molecule has 0 aromatic carbocycles. The third kappa shape index (κ3) is 1.95. The van der Waals surface area contributed by atoms with Crippen molar-refractivity contribution in [2.24, 2.45) is 0 Å². The number of pyridine rings is 1. The van der Waals surface area contributed by atoms with Gasteiger partial charge in [-0.15, -0.1) is 11.3 Å². The van der Waals surface area contributed by atoms with E-state index in [-0.39, 0.29) is 0 Å². The highest BCUT2D eigenvalue weighted by molar-refractivity contribution is 7.10. The Bertz CT molecular complexity index is 399. The molecule has 1 unspecified atom stereocenters. The van der Waals surface area contributed by atoms with Gasteiger partial charge in [0.15, 0.2) is 0 Å². The Labute approximate surface area is 90.8 Å². The Morgan fingerprint density at radius 2 is 2.21 bits per heavy atom. The number of hydrogen-bond donors (Lipinski definition) is 1. The maximum absolute atomic E-state index is 9.90. The zero-order valence-electron chi connectivity index (χ0n) is 7.22. The van der Waals surface area contributed by atoms with E-state index in [0.717, 1.165) is 10.4 Å². The second-order valence-corrected chi connectivity index (χ2v) is 4.20. The van der Waals surface area contributed by atoms with Gasteiger partial charge in [-0.25, -0.2) is 4.98 Å². The Kier molecular flexibility index (Phi) is 2.82. The van der Waals surface area contributed by atoms with E-state index in [0.29, 0.717) is 5.15 Å². The average molecular weight is 226 g/mol. The summed E-state index contributed by atoms with van der Waals surface area (Å²) in [7, 11) is 0. The molecule has 2 aromatic heterocycles. The fourth-order valence-corrected chi connectivity index (χ4v) is 2.01. The first-order valence-electron chi connectivity index (χ1n) is 4.10. The highest BCUT2D eigenvalue weighted by Gasteiger charge is 2.10. The zero-order valence-corrected chi connectivity index (χ0v) is 8.79. The monoisotopic (exact) mass is 225 g/mol. The fraction of sp³-hybridized carbons (Fsp3) is 0.100. The number of halogens is 1. The highest BCUT2D eigenvalue weighted by atomic mass is 35.5. The molecule has 1 N–H and O–H groups in total. The number of rotatable bonds is 2. The molecule has 2 heterocycles. The molecule has 2 aromatic rings. The summed E-state index contributed by atoms with van der Waals surface area (Å²) in [5.74, 6) is 0. The first kappa shape index (κ1) is 9.65. The summed E-state index contributed by atoms with van der Waals surface area (Å²) in [5.41, 5.74) is 0.761. The quantitative estimate of drug-likeness (QED) is 0.798. The van der Waals surface area contributed by atoms with Crippen molar-refractivity contribution in [3.05, 3.63) is 51.4 Å². The molecule has 2 rings (SSSR count). The van der Waals surface area contributed by atoms with Crippen LogP contribution in [0.25, 0.3) is 0 Å². The van der Waals surface area contributed by atoms with E-state index >= 15 is 0 Å². The largest absolute Gasteiger partial charge is 0.383 e. The molecule has 0 amide bonds. The maximum atomic E-state index is 9.90. The lowest BCUT2D eigenvalue weighted by Crippen LogP contribution is -1.97. The van der Waals surface area contributed by atoms with Gasteiger partial charge in [0.05, 0.1) is 0 Å². The first-order valence-corrected chi connectivity index (χ1v) is 5.36. The van der Waals surface area contributed by atoms with Crippen LogP contribution in [0.15, 0.2) is 35.8 Å². The number of aliphatic hydroxyl groups is 1. The number of thiophene rings is 1. The third-order valence-electron chi connectivity index (χ3n) is 1.88. The van der Waals surface area contributed by atoms with Gasteiger partial charge in [-0.3, -0.25) is 0 Å². The number of hydrogen-bond acceptors (Lipinski definition) is 3. The number of nitrogens with zero attached hydrogens (tertiary/aromatic N) is 1. The Balaban J connectivity index is 2.28. The van der Waals surface area contributed by atoms with Crippen molar-refractivity contribution in [1.29, 1.82) is 0 Å². The zero-order chi connectivity index (χ0) is 9.97. The van der Waals surface area contributed by atoms with E-state index in [2.05, 4.69) is 4.98 Å². The van der Waals surface area contributed by atoms with Gasteiger partial charge < -0.3 is 5.11 Å². The first-order chi connectivity index (χ1) is 6.77. The van der Waals surface area contributed by atoms with Crippen LogP contribution in [0, 0.1) is 0 Å². The SMILES string of the molecule is OC(c1ccc(Cl)nc1)c1cccs1. The molecule has 2 nitrogen and oxygen atoms in total. The molecule has 0 fully saturated rings. The minimum atomic E-state index is -0.597. The predicted molar refractivity (Wildman–Crippen MR) is 57.6 cm³/mol. The van der Waals surface area contributed by atoms with Crippen LogP contribution >= 0.6 is 22.9 Å². The van der Waals surface area contributed by atoms with Crippen molar-refractivity contribution < 1.29 is 5.11 Å². The Morgan fingerprint density at radius 3 is 2.79 bits per heavy atom. The van der Waals surface area contributed by atoms with Crippen LogP contribution in [-0.2, 0) is 0 Å². The molecule has 0 aliphatic rings. The van der Waals surface area contributed by atoms with Crippen molar-refractivity contribution in [2.75, 3.05) is 0 Å². The second kappa shape index (κ2) is 4.09. The molecule has 4 heteroatoms. The molecule has 0 saturated heterocycles. The van der Waals surface area contributed by atoms with Crippen molar-refractivity contribution in [1.82, 2.24) is 4.98 Å².